The number of oxime groups is 1. The highest BCUT2D eigenvalue weighted by Gasteiger charge is 2.32. The number of fused-ring (bicyclic) bond motifs is 1. The lowest BCUT2D eigenvalue weighted by atomic mass is 9.94. The van der Waals surface area contributed by atoms with Crippen molar-refractivity contribution in [1.29, 1.82) is 0 Å². The Morgan fingerprint density at radius 3 is 2.69 bits per heavy atom. The Balaban J connectivity index is 1.49. The Bertz CT molecular complexity index is 887. The third kappa shape index (κ3) is 4.16. The molecular weight excluding hydrogens is 366 g/mol. The second-order valence-corrected chi connectivity index (χ2v) is 8.60. The highest BCUT2D eigenvalue weighted by Crippen LogP contribution is 2.43. The lowest BCUT2D eigenvalue weighted by molar-refractivity contribution is 0.135. The van der Waals surface area contributed by atoms with E-state index in [-0.39, 0.29) is 5.60 Å². The molecule has 0 radical (unpaired) electrons. The quantitative estimate of drug-likeness (QED) is 0.342. The van der Waals surface area contributed by atoms with Crippen molar-refractivity contribution in [2.45, 2.75) is 64.0 Å². The standard InChI is InChI=1S/C23H29N3O3/c1-23(2)14-16-8-7-11-19(21(16)29-23)28-20-13-12-17(15-24-20)22(25-27)26(3)18-9-5-4-6-10-18/h7-8,11-13,15,18,27H,4-6,9-10,14H2,1-3H3/b25-22-. The molecule has 1 aromatic carbocycles. The van der Waals surface area contributed by atoms with Gasteiger partial charge in [-0.3, -0.25) is 0 Å². The zero-order chi connectivity index (χ0) is 20.4. The summed E-state index contributed by atoms with van der Waals surface area (Å²) in [7, 11) is 1.99. The maximum absolute atomic E-state index is 9.61. The molecule has 0 spiro atoms. The summed E-state index contributed by atoms with van der Waals surface area (Å²) < 4.78 is 12.1. The molecule has 29 heavy (non-hydrogen) atoms. The molecular formula is C23H29N3O3. The van der Waals surface area contributed by atoms with Gasteiger partial charge in [-0.05, 0) is 38.8 Å². The van der Waals surface area contributed by atoms with Crippen molar-refractivity contribution < 1.29 is 14.7 Å². The van der Waals surface area contributed by atoms with Crippen LogP contribution < -0.4 is 9.47 Å². The summed E-state index contributed by atoms with van der Waals surface area (Å²) in [5.41, 5.74) is 1.69. The fourth-order valence-electron chi connectivity index (χ4n) is 4.33. The Kier molecular flexibility index (Phi) is 5.35. The number of aromatic nitrogens is 1. The Morgan fingerprint density at radius 2 is 2.00 bits per heavy atom. The van der Waals surface area contributed by atoms with Crippen molar-refractivity contribution in [3.63, 3.8) is 0 Å². The summed E-state index contributed by atoms with van der Waals surface area (Å²) >= 11 is 0. The molecule has 2 heterocycles. The van der Waals surface area contributed by atoms with E-state index in [1.165, 1.54) is 19.3 Å². The molecule has 1 aromatic heterocycles. The zero-order valence-electron chi connectivity index (χ0n) is 17.4. The van der Waals surface area contributed by atoms with Crippen molar-refractivity contribution in [3.8, 4) is 17.4 Å². The van der Waals surface area contributed by atoms with Crippen LogP contribution in [0.3, 0.4) is 0 Å². The Labute approximate surface area is 172 Å². The normalized spacial score (nSPS) is 18.8. The van der Waals surface area contributed by atoms with Crippen molar-refractivity contribution >= 4 is 5.84 Å². The second kappa shape index (κ2) is 7.93. The molecule has 0 amide bonds. The van der Waals surface area contributed by atoms with Crippen LogP contribution in [-0.4, -0.2) is 39.6 Å². The van der Waals surface area contributed by atoms with Gasteiger partial charge in [-0.2, -0.15) is 0 Å². The first-order chi connectivity index (χ1) is 14.0. The Hall–Kier alpha value is -2.76. The molecule has 0 atom stereocenters. The summed E-state index contributed by atoms with van der Waals surface area (Å²) in [6.07, 6.45) is 8.53. The Morgan fingerprint density at radius 1 is 1.21 bits per heavy atom. The summed E-state index contributed by atoms with van der Waals surface area (Å²) in [6, 6.07) is 10.0. The van der Waals surface area contributed by atoms with E-state index in [2.05, 4.69) is 35.0 Å². The lowest BCUT2D eigenvalue weighted by Crippen LogP contribution is -2.38. The van der Waals surface area contributed by atoms with Crippen molar-refractivity contribution in [1.82, 2.24) is 9.88 Å². The van der Waals surface area contributed by atoms with Crippen LogP contribution in [-0.2, 0) is 6.42 Å². The predicted octanol–water partition coefficient (Wildman–Crippen LogP) is 4.99. The van der Waals surface area contributed by atoms with Crippen molar-refractivity contribution in [3.05, 3.63) is 47.7 Å². The molecule has 1 saturated carbocycles. The minimum absolute atomic E-state index is 0.227. The molecule has 2 aromatic rings. The summed E-state index contributed by atoms with van der Waals surface area (Å²) in [5.74, 6) is 2.48. The van der Waals surface area contributed by atoms with E-state index in [0.717, 1.165) is 36.1 Å². The number of hydrogen-bond acceptors (Lipinski definition) is 5. The number of pyridine rings is 1. The summed E-state index contributed by atoms with van der Waals surface area (Å²) in [6.45, 7) is 4.14. The fourth-order valence-corrected chi connectivity index (χ4v) is 4.33. The zero-order valence-corrected chi connectivity index (χ0v) is 17.4. The number of para-hydroxylation sites is 1. The van der Waals surface area contributed by atoms with E-state index in [1.54, 1.807) is 12.3 Å². The van der Waals surface area contributed by atoms with Crippen LogP contribution in [0.1, 0.15) is 57.1 Å². The third-order valence-electron chi connectivity index (χ3n) is 5.82. The van der Waals surface area contributed by atoms with Gasteiger partial charge in [0.1, 0.15) is 5.60 Å². The minimum Gasteiger partial charge on any atom is -0.483 e. The van der Waals surface area contributed by atoms with Gasteiger partial charge >= 0.3 is 0 Å². The first-order valence-corrected chi connectivity index (χ1v) is 10.4. The monoisotopic (exact) mass is 395 g/mol. The number of amidine groups is 1. The van der Waals surface area contributed by atoms with E-state index in [9.17, 15) is 5.21 Å². The lowest BCUT2D eigenvalue weighted by Gasteiger charge is -2.32. The highest BCUT2D eigenvalue weighted by molar-refractivity contribution is 5.98. The van der Waals surface area contributed by atoms with Crippen LogP contribution >= 0.6 is 0 Å². The number of ether oxygens (including phenoxy) is 2. The van der Waals surface area contributed by atoms with Crippen LogP contribution in [0.2, 0.25) is 0 Å². The fraction of sp³-hybridized carbons (Fsp3) is 0.478. The van der Waals surface area contributed by atoms with Gasteiger partial charge in [0.15, 0.2) is 17.3 Å². The van der Waals surface area contributed by atoms with Gasteiger partial charge < -0.3 is 19.6 Å². The van der Waals surface area contributed by atoms with E-state index >= 15 is 0 Å². The maximum atomic E-state index is 9.61. The number of nitrogens with zero attached hydrogens (tertiary/aromatic N) is 3. The first-order valence-electron chi connectivity index (χ1n) is 10.4. The van der Waals surface area contributed by atoms with E-state index in [0.29, 0.717) is 23.5 Å². The molecule has 1 aliphatic heterocycles. The molecule has 6 nitrogen and oxygen atoms in total. The van der Waals surface area contributed by atoms with Crippen LogP contribution in [0.25, 0.3) is 0 Å². The number of hydrogen-bond donors (Lipinski definition) is 1. The predicted molar refractivity (Wildman–Crippen MR) is 112 cm³/mol. The molecule has 1 N–H and O–H groups in total. The molecule has 4 rings (SSSR count). The molecule has 6 heteroatoms. The van der Waals surface area contributed by atoms with Crippen molar-refractivity contribution in [2.24, 2.45) is 5.16 Å². The average molecular weight is 396 g/mol. The minimum atomic E-state index is -0.227. The molecule has 1 fully saturated rings. The molecule has 2 aliphatic rings. The number of rotatable bonds is 4. The van der Waals surface area contributed by atoms with Gasteiger partial charge in [0, 0.05) is 42.9 Å². The van der Waals surface area contributed by atoms with Crippen molar-refractivity contribution in [2.75, 3.05) is 7.05 Å². The van der Waals surface area contributed by atoms with Gasteiger partial charge in [0.2, 0.25) is 5.88 Å². The highest BCUT2D eigenvalue weighted by atomic mass is 16.5. The van der Waals surface area contributed by atoms with Crippen LogP contribution in [0.4, 0.5) is 0 Å². The van der Waals surface area contributed by atoms with Crippen LogP contribution in [0, 0.1) is 0 Å². The topological polar surface area (TPSA) is 67.2 Å². The molecule has 0 saturated heterocycles. The molecule has 1 aliphatic carbocycles. The van der Waals surface area contributed by atoms with E-state index in [1.807, 2.05) is 25.2 Å². The smallest absolute Gasteiger partial charge is 0.219 e. The van der Waals surface area contributed by atoms with Crippen LogP contribution in [0.15, 0.2) is 41.7 Å². The second-order valence-electron chi connectivity index (χ2n) is 8.60. The SMILES string of the molecule is CN(/C(=N\O)c1ccc(Oc2cccc3c2OC(C)(C)C3)nc1)C1CCCCC1. The van der Waals surface area contributed by atoms with Gasteiger partial charge in [-0.15, -0.1) is 0 Å². The summed E-state index contributed by atoms with van der Waals surface area (Å²) in [4.78, 5) is 6.50. The first kappa shape index (κ1) is 19.6. The molecule has 154 valence electrons. The van der Waals surface area contributed by atoms with Gasteiger partial charge in [-0.25, -0.2) is 4.98 Å². The average Bonchev–Trinajstić information content (AvgIpc) is 3.05. The summed E-state index contributed by atoms with van der Waals surface area (Å²) in [5, 5.41) is 13.2. The van der Waals surface area contributed by atoms with Gasteiger partial charge in [0.05, 0.1) is 0 Å². The molecule has 0 unspecified atom stereocenters. The third-order valence-corrected chi connectivity index (χ3v) is 5.82. The largest absolute Gasteiger partial charge is 0.483 e. The van der Waals surface area contributed by atoms with Gasteiger partial charge in [-0.1, -0.05) is 36.6 Å². The van der Waals surface area contributed by atoms with E-state index < -0.39 is 0 Å². The maximum Gasteiger partial charge on any atom is 0.219 e. The number of benzene rings is 1. The van der Waals surface area contributed by atoms with E-state index in [4.69, 9.17) is 9.47 Å². The van der Waals surface area contributed by atoms with Crippen LogP contribution in [0.5, 0.6) is 17.4 Å². The van der Waals surface area contributed by atoms with Gasteiger partial charge in [0.25, 0.3) is 0 Å². The molecule has 0 bridgehead atoms.